The van der Waals surface area contributed by atoms with Crippen LogP contribution in [0.4, 0.5) is 0 Å². The fraction of sp³-hybridized carbons (Fsp3) is 0.913. The molecule has 26 heavy (non-hydrogen) atoms. The highest BCUT2D eigenvalue weighted by atomic mass is 16.6. The van der Waals surface area contributed by atoms with E-state index in [1.807, 2.05) is 0 Å². The average molecular weight is 357 g/mol. The second-order valence-electron chi connectivity index (χ2n) is 11.9. The quantitative estimate of drug-likeness (QED) is 0.599. The van der Waals surface area contributed by atoms with Gasteiger partial charge in [-0.1, -0.05) is 51.9 Å². The molecule has 6 unspecified atom stereocenters. The maximum absolute atomic E-state index is 5.09. The zero-order valence-corrected chi connectivity index (χ0v) is 17.6. The first kappa shape index (κ1) is 17.3. The first-order valence-electron chi connectivity index (χ1n) is 10.9. The van der Waals surface area contributed by atoms with Crippen LogP contribution in [0.3, 0.4) is 0 Å². The average Bonchev–Trinajstić information content (AvgIpc) is 3.05. The Labute approximate surface area is 158 Å². The zero-order chi connectivity index (χ0) is 18.5. The van der Waals surface area contributed by atoms with Gasteiger partial charge in [-0.05, 0) is 83.9 Å². The molecule has 0 aromatic carbocycles. The van der Waals surface area contributed by atoms with E-state index in [4.69, 9.17) is 4.63 Å². The van der Waals surface area contributed by atoms with E-state index < -0.39 is 0 Å². The predicted molar refractivity (Wildman–Crippen MR) is 103 cm³/mol. The monoisotopic (exact) mass is 356 g/mol. The summed E-state index contributed by atoms with van der Waals surface area (Å²) in [5.41, 5.74) is 4.06. The van der Waals surface area contributed by atoms with Crippen LogP contribution in [-0.4, -0.2) is 10.3 Å². The van der Waals surface area contributed by atoms with Gasteiger partial charge in [0, 0.05) is 6.42 Å². The number of hydrogen-bond acceptors (Lipinski definition) is 3. The Morgan fingerprint density at radius 2 is 1.62 bits per heavy atom. The van der Waals surface area contributed by atoms with Gasteiger partial charge < -0.3 is 0 Å². The van der Waals surface area contributed by atoms with E-state index in [2.05, 4.69) is 51.9 Å². The normalized spacial score (nSPS) is 48.2. The lowest BCUT2D eigenvalue weighted by Crippen LogP contribution is -2.55. The van der Waals surface area contributed by atoms with Gasteiger partial charge in [-0.15, -0.1) is 0 Å². The molecule has 3 heteroatoms. The van der Waals surface area contributed by atoms with Crippen LogP contribution in [0, 0.1) is 45.3 Å². The largest absolute Gasteiger partial charge is 0.244 e. The molecule has 3 saturated carbocycles. The molecular formula is C23H36N2O. The summed E-state index contributed by atoms with van der Waals surface area (Å²) in [6.07, 6.45) is 9.21. The Morgan fingerprint density at radius 3 is 2.38 bits per heavy atom. The Kier molecular flexibility index (Phi) is 3.28. The van der Waals surface area contributed by atoms with Gasteiger partial charge in [-0.25, -0.2) is 4.63 Å². The van der Waals surface area contributed by atoms with E-state index in [-0.39, 0.29) is 0 Å². The Morgan fingerprint density at radius 1 is 0.885 bits per heavy atom. The number of rotatable bonds is 0. The molecule has 0 N–H and O–H groups in total. The fourth-order valence-electron chi connectivity index (χ4n) is 8.30. The van der Waals surface area contributed by atoms with Crippen LogP contribution in [-0.2, 0) is 12.8 Å². The first-order chi connectivity index (χ1) is 12.1. The summed E-state index contributed by atoms with van der Waals surface area (Å²) in [6, 6.07) is 0. The Bertz CT molecular complexity index is 734. The third-order valence-corrected chi connectivity index (χ3v) is 10.9. The molecule has 5 rings (SSSR count). The summed E-state index contributed by atoms with van der Waals surface area (Å²) < 4.78 is 5.09. The fourth-order valence-corrected chi connectivity index (χ4v) is 8.30. The van der Waals surface area contributed by atoms with Gasteiger partial charge in [-0.3, -0.25) is 0 Å². The third-order valence-electron chi connectivity index (χ3n) is 10.9. The lowest BCUT2D eigenvalue weighted by molar-refractivity contribution is -0.115. The smallest absolute Gasteiger partial charge is 0.108 e. The molecule has 0 spiro atoms. The number of fused-ring (bicyclic) bond motifs is 6. The van der Waals surface area contributed by atoms with Gasteiger partial charge >= 0.3 is 0 Å². The van der Waals surface area contributed by atoms with Crippen molar-refractivity contribution in [2.24, 2.45) is 45.3 Å². The van der Waals surface area contributed by atoms with E-state index in [0.29, 0.717) is 21.7 Å². The molecule has 1 aromatic rings. The lowest BCUT2D eigenvalue weighted by Gasteiger charge is -2.61. The topological polar surface area (TPSA) is 38.9 Å². The van der Waals surface area contributed by atoms with Gasteiger partial charge in [0.15, 0.2) is 0 Å². The van der Waals surface area contributed by atoms with Crippen LogP contribution in [0.1, 0.15) is 85.0 Å². The Balaban J connectivity index is 1.52. The second-order valence-corrected chi connectivity index (χ2v) is 11.9. The second kappa shape index (κ2) is 4.94. The molecule has 1 aromatic heterocycles. The van der Waals surface area contributed by atoms with Crippen molar-refractivity contribution < 1.29 is 4.63 Å². The summed E-state index contributed by atoms with van der Waals surface area (Å²) in [6.45, 7) is 15.4. The lowest BCUT2D eigenvalue weighted by atomic mass is 9.43. The first-order valence-corrected chi connectivity index (χ1v) is 10.9. The molecule has 4 aliphatic rings. The van der Waals surface area contributed by atoms with Gasteiger partial charge in [-0.2, -0.15) is 0 Å². The van der Waals surface area contributed by atoms with E-state index in [1.165, 1.54) is 32.1 Å². The maximum Gasteiger partial charge on any atom is 0.108 e. The molecule has 1 heterocycles. The minimum absolute atomic E-state index is 0.396. The van der Waals surface area contributed by atoms with Crippen LogP contribution in [0.25, 0.3) is 0 Å². The van der Waals surface area contributed by atoms with Crippen LogP contribution >= 0.6 is 0 Å². The summed E-state index contributed by atoms with van der Waals surface area (Å²) in [5.74, 6) is 3.42. The van der Waals surface area contributed by atoms with Crippen LogP contribution in [0.5, 0.6) is 0 Å². The zero-order valence-electron chi connectivity index (χ0n) is 17.6. The van der Waals surface area contributed by atoms with E-state index in [9.17, 15) is 0 Å². The molecule has 0 amide bonds. The summed E-state index contributed by atoms with van der Waals surface area (Å²) in [5, 5.41) is 8.47. The van der Waals surface area contributed by atoms with Gasteiger partial charge in [0.2, 0.25) is 0 Å². The molecule has 0 aliphatic heterocycles. The summed E-state index contributed by atoms with van der Waals surface area (Å²) in [4.78, 5) is 0. The van der Waals surface area contributed by atoms with E-state index >= 15 is 0 Å². The van der Waals surface area contributed by atoms with Crippen molar-refractivity contribution in [3.05, 3.63) is 11.4 Å². The third kappa shape index (κ3) is 1.86. The highest BCUT2D eigenvalue weighted by Gasteiger charge is 2.67. The van der Waals surface area contributed by atoms with E-state index in [0.717, 1.165) is 47.9 Å². The molecule has 3 nitrogen and oxygen atoms in total. The number of aromatic nitrogens is 2. The number of hydrogen-bond donors (Lipinski definition) is 0. The van der Waals surface area contributed by atoms with E-state index in [1.54, 1.807) is 0 Å². The predicted octanol–water partition coefficient (Wildman–Crippen LogP) is 5.69. The van der Waals surface area contributed by atoms with Gasteiger partial charge in [0.1, 0.15) is 11.4 Å². The molecule has 0 saturated heterocycles. The highest BCUT2D eigenvalue weighted by molar-refractivity contribution is 5.22. The van der Waals surface area contributed by atoms with Crippen LogP contribution in [0.15, 0.2) is 4.63 Å². The molecule has 3 fully saturated rings. The van der Waals surface area contributed by atoms with Crippen molar-refractivity contribution in [3.8, 4) is 0 Å². The minimum atomic E-state index is 0.396. The molecule has 0 radical (unpaired) electrons. The molecule has 4 aliphatic carbocycles. The van der Waals surface area contributed by atoms with Gasteiger partial charge in [0.05, 0.1) is 0 Å². The Hall–Kier alpha value is -0.860. The van der Waals surface area contributed by atoms with Gasteiger partial charge in [0.25, 0.3) is 0 Å². The minimum Gasteiger partial charge on any atom is -0.244 e. The summed E-state index contributed by atoms with van der Waals surface area (Å²) >= 11 is 0. The van der Waals surface area contributed by atoms with Crippen molar-refractivity contribution in [1.29, 1.82) is 0 Å². The standard InChI is InChI=1S/C23H36N2O/c1-20(2)12-17-15-8-7-14-11-18-19(25-26-24-18)13-22(14,5)16(15)9-10-23(17,6)21(20,3)4/h14-17H,7-13H2,1-6H3. The van der Waals surface area contributed by atoms with Crippen molar-refractivity contribution >= 4 is 0 Å². The number of nitrogens with zero attached hydrogens (tertiary/aromatic N) is 2. The van der Waals surface area contributed by atoms with Crippen molar-refractivity contribution in [2.75, 3.05) is 0 Å². The molecular weight excluding hydrogens is 320 g/mol. The SMILES string of the molecule is CC12Cc3nonc3CC1CCC1C2CCC2(C)C1CC(C)(C)C2(C)C. The molecule has 0 bridgehead atoms. The van der Waals surface area contributed by atoms with Crippen molar-refractivity contribution in [1.82, 2.24) is 10.3 Å². The van der Waals surface area contributed by atoms with Crippen LogP contribution < -0.4 is 0 Å². The summed E-state index contributed by atoms with van der Waals surface area (Å²) in [7, 11) is 0. The highest BCUT2D eigenvalue weighted by Crippen LogP contribution is 2.74. The maximum atomic E-state index is 5.09. The van der Waals surface area contributed by atoms with Crippen molar-refractivity contribution in [3.63, 3.8) is 0 Å². The van der Waals surface area contributed by atoms with Crippen LogP contribution in [0.2, 0.25) is 0 Å². The molecule has 6 atom stereocenters. The molecule has 144 valence electrons. The van der Waals surface area contributed by atoms with Crippen molar-refractivity contribution in [2.45, 2.75) is 86.5 Å².